The predicted molar refractivity (Wildman–Crippen MR) is 114 cm³/mol. The number of aromatic nitrogens is 2. The molecule has 3 aliphatic rings. The van der Waals surface area contributed by atoms with Gasteiger partial charge < -0.3 is 14.6 Å². The Bertz CT molecular complexity index is 856. The van der Waals surface area contributed by atoms with Crippen molar-refractivity contribution in [2.24, 2.45) is 0 Å². The maximum atomic E-state index is 10.7. The van der Waals surface area contributed by atoms with Crippen molar-refractivity contribution in [3.8, 4) is 0 Å². The molecule has 1 aliphatic carbocycles. The molecular weight excluding hydrogens is 362 g/mol. The largest absolute Gasteiger partial charge is 0.367 e. The first kappa shape index (κ1) is 18.6. The quantitative estimate of drug-likeness (QED) is 0.730. The molecule has 2 aliphatic heterocycles. The molecule has 0 radical (unpaired) electrons. The topological polar surface area (TPSA) is 52.6 Å². The molecule has 0 bridgehead atoms. The van der Waals surface area contributed by atoms with Crippen LogP contribution in [0.3, 0.4) is 0 Å². The number of piperazine rings is 1. The lowest BCUT2D eigenvalue weighted by Gasteiger charge is -2.43. The number of aldehydes is 1. The summed E-state index contributed by atoms with van der Waals surface area (Å²) in [4.78, 5) is 27.7. The van der Waals surface area contributed by atoms with Gasteiger partial charge in [-0.2, -0.15) is 0 Å². The molecule has 0 atom stereocenters. The van der Waals surface area contributed by atoms with Crippen molar-refractivity contribution in [2.45, 2.75) is 44.7 Å². The summed E-state index contributed by atoms with van der Waals surface area (Å²) < 4.78 is 0. The van der Waals surface area contributed by atoms with Crippen molar-refractivity contribution in [1.29, 1.82) is 0 Å². The van der Waals surface area contributed by atoms with Gasteiger partial charge >= 0.3 is 0 Å². The van der Waals surface area contributed by atoms with Crippen molar-refractivity contribution >= 4 is 17.9 Å². The standard InChI is InChI=1S/C23H29N5O/c29-15-9-18-4-6-21(7-5-18)28-10-8-22-19(17-28)16-24-23(25-22)27-13-11-26(12-14-27)20-2-1-3-20/h4-7,15-16,20H,1-3,8-14,17H2. The maximum Gasteiger partial charge on any atom is 0.225 e. The van der Waals surface area contributed by atoms with Gasteiger partial charge in [-0.15, -0.1) is 0 Å². The molecule has 0 unspecified atom stereocenters. The number of nitrogens with zero attached hydrogens (tertiary/aromatic N) is 5. The molecule has 3 heterocycles. The zero-order valence-corrected chi connectivity index (χ0v) is 17.0. The zero-order chi connectivity index (χ0) is 19.6. The van der Waals surface area contributed by atoms with Crippen LogP contribution in [0.5, 0.6) is 0 Å². The Morgan fingerprint density at radius 2 is 1.79 bits per heavy atom. The third kappa shape index (κ3) is 3.86. The van der Waals surface area contributed by atoms with Crippen molar-refractivity contribution in [1.82, 2.24) is 14.9 Å². The molecule has 2 fully saturated rings. The molecule has 6 heteroatoms. The molecule has 1 saturated carbocycles. The molecule has 29 heavy (non-hydrogen) atoms. The molecule has 1 saturated heterocycles. The Balaban J connectivity index is 1.23. The van der Waals surface area contributed by atoms with Gasteiger partial charge in [-0.25, -0.2) is 9.97 Å². The molecule has 152 valence electrons. The van der Waals surface area contributed by atoms with E-state index in [4.69, 9.17) is 9.97 Å². The van der Waals surface area contributed by atoms with E-state index in [1.165, 1.54) is 36.2 Å². The number of carbonyl (C=O) groups excluding carboxylic acids is 1. The van der Waals surface area contributed by atoms with Crippen LogP contribution in [0.4, 0.5) is 11.6 Å². The molecule has 5 rings (SSSR count). The SMILES string of the molecule is O=CCc1ccc(N2CCc3nc(N4CCN(C5CCC5)CC4)ncc3C2)cc1. The lowest BCUT2D eigenvalue weighted by atomic mass is 9.91. The van der Waals surface area contributed by atoms with E-state index in [9.17, 15) is 4.79 Å². The van der Waals surface area contributed by atoms with E-state index in [1.807, 2.05) is 18.3 Å². The van der Waals surface area contributed by atoms with Crippen LogP contribution in [0.25, 0.3) is 0 Å². The van der Waals surface area contributed by atoms with Crippen molar-refractivity contribution in [3.63, 3.8) is 0 Å². The third-order valence-corrected chi connectivity index (χ3v) is 6.73. The smallest absolute Gasteiger partial charge is 0.225 e. The average molecular weight is 392 g/mol. The lowest BCUT2D eigenvalue weighted by molar-refractivity contribution is -0.107. The van der Waals surface area contributed by atoms with E-state index in [0.29, 0.717) is 6.42 Å². The summed E-state index contributed by atoms with van der Waals surface area (Å²) in [5.41, 5.74) is 4.68. The van der Waals surface area contributed by atoms with Gasteiger partial charge in [-0.3, -0.25) is 4.90 Å². The fraction of sp³-hybridized carbons (Fsp3) is 0.522. The van der Waals surface area contributed by atoms with Gasteiger partial charge in [0.25, 0.3) is 0 Å². The van der Waals surface area contributed by atoms with E-state index >= 15 is 0 Å². The number of carbonyl (C=O) groups is 1. The normalized spacial score (nSPS) is 20.3. The summed E-state index contributed by atoms with van der Waals surface area (Å²) in [5.74, 6) is 0.906. The summed E-state index contributed by atoms with van der Waals surface area (Å²) in [5, 5.41) is 0. The number of hydrogen-bond donors (Lipinski definition) is 0. The van der Waals surface area contributed by atoms with E-state index in [1.54, 1.807) is 0 Å². The number of anilines is 2. The molecule has 0 spiro atoms. The highest BCUT2D eigenvalue weighted by molar-refractivity contribution is 5.57. The first-order chi connectivity index (χ1) is 14.3. The molecule has 2 aromatic rings. The Labute approximate surface area is 172 Å². The Morgan fingerprint density at radius 3 is 2.48 bits per heavy atom. The highest BCUT2D eigenvalue weighted by Crippen LogP contribution is 2.27. The molecule has 6 nitrogen and oxygen atoms in total. The van der Waals surface area contributed by atoms with Gasteiger partial charge in [-0.1, -0.05) is 18.6 Å². The van der Waals surface area contributed by atoms with Gasteiger partial charge in [0.05, 0.1) is 5.69 Å². The van der Waals surface area contributed by atoms with Crippen LogP contribution in [-0.4, -0.2) is 59.9 Å². The van der Waals surface area contributed by atoms with Crippen LogP contribution in [0.15, 0.2) is 30.5 Å². The number of benzene rings is 1. The second-order valence-corrected chi connectivity index (χ2v) is 8.46. The highest BCUT2D eigenvalue weighted by atomic mass is 16.1. The van der Waals surface area contributed by atoms with Gasteiger partial charge in [0.1, 0.15) is 6.29 Å². The average Bonchev–Trinajstić information content (AvgIpc) is 2.73. The molecule has 0 amide bonds. The number of rotatable bonds is 5. The molecular formula is C23H29N5O. The second kappa shape index (κ2) is 8.11. The Kier molecular flexibility index (Phi) is 5.19. The van der Waals surface area contributed by atoms with Crippen molar-refractivity contribution in [3.05, 3.63) is 47.3 Å². The third-order valence-electron chi connectivity index (χ3n) is 6.73. The van der Waals surface area contributed by atoms with Crippen LogP contribution in [0, 0.1) is 0 Å². The summed E-state index contributed by atoms with van der Waals surface area (Å²) in [6.45, 7) is 6.16. The molecule has 1 aromatic carbocycles. The fourth-order valence-electron chi connectivity index (χ4n) is 4.66. The van der Waals surface area contributed by atoms with E-state index in [-0.39, 0.29) is 0 Å². The number of fused-ring (bicyclic) bond motifs is 1. The van der Waals surface area contributed by atoms with Crippen molar-refractivity contribution < 1.29 is 4.79 Å². The Morgan fingerprint density at radius 1 is 1.00 bits per heavy atom. The molecule has 1 aromatic heterocycles. The summed E-state index contributed by atoms with van der Waals surface area (Å²) in [7, 11) is 0. The first-order valence-corrected chi connectivity index (χ1v) is 10.9. The minimum Gasteiger partial charge on any atom is -0.367 e. The van der Waals surface area contributed by atoms with Crippen LogP contribution in [0.2, 0.25) is 0 Å². The fourth-order valence-corrected chi connectivity index (χ4v) is 4.66. The maximum absolute atomic E-state index is 10.7. The van der Waals surface area contributed by atoms with Crippen LogP contribution in [-0.2, 0) is 24.2 Å². The van der Waals surface area contributed by atoms with E-state index in [2.05, 4.69) is 26.8 Å². The van der Waals surface area contributed by atoms with Gasteiger partial charge in [0.2, 0.25) is 5.95 Å². The van der Waals surface area contributed by atoms with E-state index < -0.39 is 0 Å². The summed E-state index contributed by atoms with van der Waals surface area (Å²) >= 11 is 0. The Hall–Kier alpha value is -2.47. The van der Waals surface area contributed by atoms with Crippen LogP contribution in [0.1, 0.15) is 36.1 Å². The van der Waals surface area contributed by atoms with Crippen molar-refractivity contribution in [2.75, 3.05) is 42.5 Å². The monoisotopic (exact) mass is 391 g/mol. The first-order valence-electron chi connectivity index (χ1n) is 10.9. The molecule has 0 N–H and O–H groups in total. The van der Waals surface area contributed by atoms with E-state index in [0.717, 1.165) is 69.5 Å². The van der Waals surface area contributed by atoms with Gasteiger partial charge in [-0.05, 0) is 30.5 Å². The van der Waals surface area contributed by atoms with Gasteiger partial charge in [0, 0.05) is 75.6 Å². The van der Waals surface area contributed by atoms with Gasteiger partial charge in [0.15, 0.2) is 0 Å². The lowest BCUT2D eigenvalue weighted by Crippen LogP contribution is -2.52. The second-order valence-electron chi connectivity index (χ2n) is 8.46. The van der Waals surface area contributed by atoms with Crippen LogP contribution >= 0.6 is 0 Å². The predicted octanol–water partition coefficient (Wildman–Crippen LogP) is 2.46. The summed E-state index contributed by atoms with van der Waals surface area (Å²) in [6, 6.07) is 9.14. The zero-order valence-electron chi connectivity index (χ0n) is 17.0. The minimum absolute atomic E-state index is 0.481. The van der Waals surface area contributed by atoms with Crippen LogP contribution < -0.4 is 9.80 Å². The summed E-state index contributed by atoms with van der Waals surface area (Å²) in [6.07, 6.45) is 8.57. The number of hydrogen-bond acceptors (Lipinski definition) is 6. The minimum atomic E-state index is 0.481. The highest BCUT2D eigenvalue weighted by Gasteiger charge is 2.29.